The first-order valence-corrected chi connectivity index (χ1v) is 9.47. The standard InChI is InChI=1S/C22H27FN2O3/c1-17(22(28)24-14-5-15-26)25(16-19-8-11-20(23)12-9-19)21(27)13-10-18-6-3-2-4-7-18/h2-4,6-9,11-12,17,26H,5,10,13-16H2,1H3,(H,24,28)/t17-/m1/s1. The van der Waals surface area contributed by atoms with Crippen LogP contribution in [0.3, 0.4) is 0 Å². The third kappa shape index (κ3) is 6.78. The number of benzene rings is 2. The monoisotopic (exact) mass is 386 g/mol. The van der Waals surface area contributed by atoms with Crippen molar-refractivity contribution in [2.24, 2.45) is 0 Å². The molecule has 0 aliphatic heterocycles. The van der Waals surface area contributed by atoms with E-state index >= 15 is 0 Å². The number of nitrogens with one attached hydrogen (secondary N) is 1. The maximum absolute atomic E-state index is 13.2. The smallest absolute Gasteiger partial charge is 0.242 e. The number of carbonyl (C=O) groups excluding carboxylic acids is 2. The maximum Gasteiger partial charge on any atom is 0.242 e. The van der Waals surface area contributed by atoms with E-state index in [-0.39, 0.29) is 37.2 Å². The average molecular weight is 386 g/mol. The van der Waals surface area contributed by atoms with Gasteiger partial charge in [-0.3, -0.25) is 9.59 Å². The predicted octanol–water partition coefficient (Wildman–Crippen LogP) is 2.67. The minimum absolute atomic E-state index is 0.00996. The molecule has 1 atom stereocenters. The molecule has 2 aromatic carbocycles. The van der Waals surface area contributed by atoms with Gasteiger partial charge in [0, 0.05) is 26.1 Å². The van der Waals surface area contributed by atoms with E-state index < -0.39 is 6.04 Å². The van der Waals surface area contributed by atoms with Crippen LogP contribution in [0.5, 0.6) is 0 Å². The zero-order valence-electron chi connectivity index (χ0n) is 16.1. The Hall–Kier alpha value is -2.73. The van der Waals surface area contributed by atoms with Crippen molar-refractivity contribution in [1.29, 1.82) is 0 Å². The Labute approximate surface area is 165 Å². The van der Waals surface area contributed by atoms with Crippen LogP contribution in [0, 0.1) is 5.82 Å². The Morgan fingerprint density at radius 2 is 1.75 bits per heavy atom. The highest BCUT2D eigenvalue weighted by Crippen LogP contribution is 2.13. The van der Waals surface area contributed by atoms with Gasteiger partial charge in [0.05, 0.1) is 0 Å². The SMILES string of the molecule is C[C@H](C(=O)NCCCO)N(Cc1ccc(F)cc1)C(=O)CCc1ccccc1. The van der Waals surface area contributed by atoms with E-state index in [1.165, 1.54) is 17.0 Å². The summed E-state index contributed by atoms with van der Waals surface area (Å²) in [5.74, 6) is -0.762. The second-order valence-electron chi connectivity index (χ2n) is 6.68. The summed E-state index contributed by atoms with van der Waals surface area (Å²) in [4.78, 5) is 26.8. The molecule has 28 heavy (non-hydrogen) atoms. The fourth-order valence-electron chi connectivity index (χ4n) is 2.85. The molecule has 0 saturated heterocycles. The third-order valence-corrected chi connectivity index (χ3v) is 4.54. The summed E-state index contributed by atoms with van der Waals surface area (Å²) < 4.78 is 13.2. The number of hydrogen-bond donors (Lipinski definition) is 2. The number of aliphatic hydroxyl groups excluding tert-OH is 1. The van der Waals surface area contributed by atoms with Crippen molar-refractivity contribution in [2.45, 2.75) is 38.8 Å². The topological polar surface area (TPSA) is 69.6 Å². The largest absolute Gasteiger partial charge is 0.396 e. The molecule has 0 bridgehead atoms. The number of aliphatic hydroxyl groups is 1. The number of amides is 2. The summed E-state index contributed by atoms with van der Waals surface area (Å²) in [6.45, 7) is 2.24. The summed E-state index contributed by atoms with van der Waals surface area (Å²) in [7, 11) is 0. The molecule has 0 fully saturated rings. The first kappa shape index (κ1) is 21.6. The van der Waals surface area contributed by atoms with Crippen molar-refractivity contribution < 1.29 is 19.1 Å². The van der Waals surface area contributed by atoms with E-state index in [4.69, 9.17) is 5.11 Å². The van der Waals surface area contributed by atoms with Crippen LogP contribution in [-0.2, 0) is 22.6 Å². The molecule has 6 heteroatoms. The van der Waals surface area contributed by atoms with Gasteiger partial charge < -0.3 is 15.3 Å². The highest BCUT2D eigenvalue weighted by Gasteiger charge is 2.25. The van der Waals surface area contributed by atoms with Gasteiger partial charge in [0.2, 0.25) is 11.8 Å². The third-order valence-electron chi connectivity index (χ3n) is 4.54. The van der Waals surface area contributed by atoms with Crippen LogP contribution in [0.25, 0.3) is 0 Å². The summed E-state index contributed by atoms with van der Waals surface area (Å²) in [5.41, 5.74) is 1.81. The molecule has 0 radical (unpaired) electrons. The zero-order valence-corrected chi connectivity index (χ0v) is 16.1. The molecule has 2 amide bonds. The number of hydrogen-bond acceptors (Lipinski definition) is 3. The van der Waals surface area contributed by atoms with Crippen LogP contribution < -0.4 is 5.32 Å². The molecule has 0 spiro atoms. The van der Waals surface area contributed by atoms with Crippen LogP contribution in [0.4, 0.5) is 4.39 Å². The molecule has 2 rings (SSSR count). The van der Waals surface area contributed by atoms with E-state index in [0.29, 0.717) is 19.4 Å². The molecule has 2 N–H and O–H groups in total. The van der Waals surface area contributed by atoms with Gasteiger partial charge >= 0.3 is 0 Å². The van der Waals surface area contributed by atoms with Crippen LogP contribution in [-0.4, -0.2) is 41.0 Å². The number of rotatable bonds is 10. The van der Waals surface area contributed by atoms with Gasteiger partial charge in [-0.05, 0) is 43.0 Å². The molecule has 150 valence electrons. The Bertz CT molecular complexity index is 750. The second kappa shape index (κ2) is 11.2. The van der Waals surface area contributed by atoms with Crippen LogP contribution in [0.15, 0.2) is 54.6 Å². The lowest BCUT2D eigenvalue weighted by atomic mass is 10.1. The summed E-state index contributed by atoms with van der Waals surface area (Å²) >= 11 is 0. The molecular weight excluding hydrogens is 359 g/mol. The van der Waals surface area contributed by atoms with Crippen molar-refractivity contribution in [3.8, 4) is 0 Å². The predicted molar refractivity (Wildman–Crippen MR) is 106 cm³/mol. The first-order valence-electron chi connectivity index (χ1n) is 9.47. The van der Waals surface area contributed by atoms with Crippen molar-refractivity contribution >= 4 is 11.8 Å². The Morgan fingerprint density at radius 1 is 1.07 bits per heavy atom. The van der Waals surface area contributed by atoms with E-state index in [2.05, 4.69) is 5.32 Å². The molecule has 2 aromatic rings. The highest BCUT2D eigenvalue weighted by molar-refractivity contribution is 5.87. The van der Waals surface area contributed by atoms with Gasteiger partial charge in [0.15, 0.2) is 0 Å². The number of nitrogens with zero attached hydrogens (tertiary/aromatic N) is 1. The van der Waals surface area contributed by atoms with Gasteiger partial charge in [0.25, 0.3) is 0 Å². The van der Waals surface area contributed by atoms with Crippen molar-refractivity contribution in [3.63, 3.8) is 0 Å². The van der Waals surface area contributed by atoms with Crippen LogP contribution >= 0.6 is 0 Å². The lowest BCUT2D eigenvalue weighted by Crippen LogP contribution is -2.48. The van der Waals surface area contributed by atoms with Crippen LogP contribution in [0.2, 0.25) is 0 Å². The number of carbonyl (C=O) groups is 2. The molecular formula is C22H27FN2O3. The van der Waals surface area contributed by atoms with Crippen molar-refractivity contribution in [2.75, 3.05) is 13.2 Å². The van der Waals surface area contributed by atoms with E-state index in [0.717, 1.165) is 11.1 Å². The van der Waals surface area contributed by atoms with Crippen molar-refractivity contribution in [1.82, 2.24) is 10.2 Å². The van der Waals surface area contributed by atoms with E-state index in [1.807, 2.05) is 30.3 Å². The summed E-state index contributed by atoms with van der Waals surface area (Å²) in [5, 5.41) is 11.6. The summed E-state index contributed by atoms with van der Waals surface area (Å²) in [6, 6.07) is 14.9. The Kier molecular flexibility index (Phi) is 8.62. The van der Waals surface area contributed by atoms with Crippen molar-refractivity contribution in [3.05, 3.63) is 71.5 Å². The molecule has 5 nitrogen and oxygen atoms in total. The molecule has 0 aliphatic carbocycles. The van der Waals surface area contributed by atoms with Gasteiger partial charge in [-0.1, -0.05) is 42.5 Å². The van der Waals surface area contributed by atoms with Gasteiger partial charge in [-0.2, -0.15) is 0 Å². The van der Waals surface area contributed by atoms with Gasteiger partial charge in [-0.15, -0.1) is 0 Å². The fraction of sp³-hybridized carbons (Fsp3) is 0.364. The molecule has 0 aliphatic rings. The van der Waals surface area contributed by atoms with Gasteiger partial charge in [0.1, 0.15) is 11.9 Å². The lowest BCUT2D eigenvalue weighted by molar-refractivity contribution is -0.140. The minimum atomic E-state index is -0.674. The quantitative estimate of drug-likeness (QED) is 0.617. The van der Waals surface area contributed by atoms with E-state index in [1.54, 1.807) is 19.1 Å². The zero-order chi connectivity index (χ0) is 20.4. The first-order chi connectivity index (χ1) is 13.5. The van der Waals surface area contributed by atoms with E-state index in [9.17, 15) is 14.0 Å². The Balaban J connectivity index is 2.08. The second-order valence-corrected chi connectivity index (χ2v) is 6.68. The fourth-order valence-corrected chi connectivity index (χ4v) is 2.85. The molecule has 0 aromatic heterocycles. The number of halogens is 1. The molecule has 0 unspecified atom stereocenters. The highest BCUT2D eigenvalue weighted by atomic mass is 19.1. The normalized spacial score (nSPS) is 11.7. The summed E-state index contributed by atoms with van der Waals surface area (Å²) in [6.07, 6.45) is 1.32. The van der Waals surface area contributed by atoms with Crippen LogP contribution in [0.1, 0.15) is 30.9 Å². The average Bonchev–Trinajstić information content (AvgIpc) is 2.72. The lowest BCUT2D eigenvalue weighted by Gasteiger charge is -2.29. The minimum Gasteiger partial charge on any atom is -0.396 e. The van der Waals surface area contributed by atoms with Gasteiger partial charge in [-0.25, -0.2) is 4.39 Å². The number of aryl methyl sites for hydroxylation is 1. The maximum atomic E-state index is 13.2. The Morgan fingerprint density at radius 3 is 2.39 bits per heavy atom. The molecule has 0 heterocycles. The molecule has 0 saturated carbocycles.